The Kier molecular flexibility index (Phi) is 4.96. The van der Waals surface area contributed by atoms with Crippen LogP contribution in [0.4, 0.5) is 11.4 Å². The zero-order chi connectivity index (χ0) is 14.8. The summed E-state index contributed by atoms with van der Waals surface area (Å²) in [6.45, 7) is 8.72. The van der Waals surface area contributed by atoms with Crippen molar-refractivity contribution in [3.8, 4) is 0 Å². The highest BCUT2D eigenvalue weighted by Gasteiger charge is 2.25. The molecule has 0 saturated heterocycles. The number of nitro benzene ring substituents is 1. The molecule has 0 amide bonds. The van der Waals surface area contributed by atoms with Gasteiger partial charge in [-0.3, -0.25) is 10.1 Å². The Balaban J connectivity index is 3.12. The maximum Gasteiger partial charge on any atom is 0.273 e. The number of alkyl halides is 1. The van der Waals surface area contributed by atoms with E-state index in [2.05, 4.69) is 48.5 Å². The van der Waals surface area contributed by atoms with E-state index in [-0.39, 0.29) is 16.0 Å². The molecule has 19 heavy (non-hydrogen) atoms. The minimum absolute atomic E-state index is 0.144. The van der Waals surface area contributed by atoms with Crippen LogP contribution < -0.4 is 4.90 Å². The largest absolute Gasteiger partial charge is 0.371 e. The summed E-state index contributed by atoms with van der Waals surface area (Å²) in [6, 6.07) is 5.61. The summed E-state index contributed by atoms with van der Waals surface area (Å²) >= 11 is 3.31. The van der Waals surface area contributed by atoms with E-state index in [1.165, 1.54) is 0 Å². The SMILES string of the molecule is CC(N(C)c1ccc([N+](=O)[O-])c(CBr)c1)C(C)(C)C. The van der Waals surface area contributed by atoms with Gasteiger partial charge in [0, 0.05) is 35.7 Å². The average molecular weight is 329 g/mol. The van der Waals surface area contributed by atoms with Crippen LogP contribution in [-0.4, -0.2) is 18.0 Å². The lowest BCUT2D eigenvalue weighted by Crippen LogP contribution is -2.39. The standard InChI is InChI=1S/C14H21BrN2O2/c1-10(14(2,3)4)16(5)12-6-7-13(17(18)19)11(8-12)9-15/h6-8,10H,9H2,1-5H3. The van der Waals surface area contributed by atoms with Crippen molar-refractivity contribution in [1.29, 1.82) is 0 Å². The molecule has 0 spiro atoms. The number of anilines is 1. The first-order valence-electron chi connectivity index (χ1n) is 6.24. The molecular weight excluding hydrogens is 308 g/mol. The van der Waals surface area contributed by atoms with Crippen LogP contribution in [0.1, 0.15) is 33.3 Å². The van der Waals surface area contributed by atoms with Crippen molar-refractivity contribution in [2.75, 3.05) is 11.9 Å². The molecule has 0 aliphatic heterocycles. The molecule has 0 aliphatic carbocycles. The van der Waals surface area contributed by atoms with Gasteiger partial charge in [-0.15, -0.1) is 0 Å². The van der Waals surface area contributed by atoms with Crippen LogP contribution >= 0.6 is 15.9 Å². The van der Waals surface area contributed by atoms with E-state index < -0.39 is 0 Å². The fourth-order valence-corrected chi connectivity index (χ4v) is 2.33. The maximum absolute atomic E-state index is 10.9. The number of benzene rings is 1. The molecular formula is C14H21BrN2O2. The van der Waals surface area contributed by atoms with Crippen molar-refractivity contribution in [1.82, 2.24) is 0 Å². The van der Waals surface area contributed by atoms with Crippen LogP contribution in [0.2, 0.25) is 0 Å². The summed E-state index contributed by atoms with van der Waals surface area (Å²) in [6.07, 6.45) is 0. The lowest BCUT2D eigenvalue weighted by Gasteiger charge is -2.37. The highest BCUT2D eigenvalue weighted by atomic mass is 79.9. The lowest BCUT2D eigenvalue weighted by atomic mass is 9.87. The van der Waals surface area contributed by atoms with Crippen molar-refractivity contribution >= 4 is 27.3 Å². The predicted octanol–water partition coefficient (Wildman–Crippen LogP) is 4.36. The monoisotopic (exact) mass is 328 g/mol. The van der Waals surface area contributed by atoms with E-state index in [0.717, 1.165) is 5.69 Å². The number of nitrogens with zero attached hydrogens (tertiary/aromatic N) is 2. The molecule has 0 N–H and O–H groups in total. The fraction of sp³-hybridized carbons (Fsp3) is 0.571. The molecule has 0 fully saturated rings. The van der Waals surface area contributed by atoms with Gasteiger partial charge in [-0.1, -0.05) is 36.7 Å². The minimum Gasteiger partial charge on any atom is -0.371 e. The molecule has 1 unspecified atom stereocenters. The van der Waals surface area contributed by atoms with Crippen LogP contribution in [0.3, 0.4) is 0 Å². The van der Waals surface area contributed by atoms with Crippen molar-refractivity contribution in [2.24, 2.45) is 5.41 Å². The van der Waals surface area contributed by atoms with Gasteiger partial charge in [0.05, 0.1) is 4.92 Å². The van der Waals surface area contributed by atoms with Gasteiger partial charge in [-0.05, 0) is 24.5 Å². The van der Waals surface area contributed by atoms with Crippen molar-refractivity contribution in [3.05, 3.63) is 33.9 Å². The third-order valence-electron chi connectivity index (χ3n) is 3.65. The Bertz CT molecular complexity index is 469. The van der Waals surface area contributed by atoms with Gasteiger partial charge in [-0.25, -0.2) is 0 Å². The van der Waals surface area contributed by atoms with Crippen LogP contribution in [0.5, 0.6) is 0 Å². The Hall–Kier alpha value is -1.10. The molecule has 1 atom stereocenters. The molecule has 1 aromatic rings. The summed E-state index contributed by atoms with van der Waals surface area (Å²) in [5, 5.41) is 11.4. The summed E-state index contributed by atoms with van der Waals surface area (Å²) < 4.78 is 0. The smallest absolute Gasteiger partial charge is 0.273 e. The van der Waals surface area contributed by atoms with Crippen molar-refractivity contribution in [3.63, 3.8) is 0 Å². The first kappa shape index (κ1) is 16.0. The number of rotatable bonds is 4. The van der Waals surface area contributed by atoms with E-state index in [1.807, 2.05) is 19.2 Å². The number of hydrogen-bond acceptors (Lipinski definition) is 3. The van der Waals surface area contributed by atoms with E-state index >= 15 is 0 Å². The van der Waals surface area contributed by atoms with E-state index in [9.17, 15) is 10.1 Å². The fourth-order valence-electron chi connectivity index (χ4n) is 1.88. The molecule has 0 aliphatic rings. The van der Waals surface area contributed by atoms with Gasteiger partial charge in [0.1, 0.15) is 0 Å². The lowest BCUT2D eigenvalue weighted by molar-refractivity contribution is -0.385. The van der Waals surface area contributed by atoms with Crippen LogP contribution in [0.15, 0.2) is 18.2 Å². The molecule has 0 radical (unpaired) electrons. The van der Waals surface area contributed by atoms with E-state index in [0.29, 0.717) is 16.9 Å². The summed E-state index contributed by atoms with van der Waals surface area (Å²) in [7, 11) is 2.02. The Labute approximate surface area is 123 Å². The average Bonchev–Trinajstić information content (AvgIpc) is 2.34. The normalized spacial score (nSPS) is 13.2. The predicted molar refractivity (Wildman–Crippen MR) is 83.0 cm³/mol. The Morgan fingerprint density at radius 2 is 2.00 bits per heavy atom. The van der Waals surface area contributed by atoms with Gasteiger partial charge in [-0.2, -0.15) is 0 Å². The minimum atomic E-state index is -0.340. The third-order valence-corrected chi connectivity index (χ3v) is 4.25. The summed E-state index contributed by atoms with van der Waals surface area (Å²) in [5.41, 5.74) is 2.01. The summed E-state index contributed by atoms with van der Waals surface area (Å²) in [4.78, 5) is 12.7. The van der Waals surface area contributed by atoms with Crippen LogP contribution in [0.25, 0.3) is 0 Å². The Morgan fingerprint density at radius 3 is 2.42 bits per heavy atom. The van der Waals surface area contributed by atoms with Crippen LogP contribution in [-0.2, 0) is 5.33 Å². The van der Waals surface area contributed by atoms with E-state index in [4.69, 9.17) is 0 Å². The molecule has 5 heteroatoms. The quantitative estimate of drug-likeness (QED) is 0.468. The topological polar surface area (TPSA) is 46.4 Å². The number of hydrogen-bond donors (Lipinski definition) is 0. The van der Waals surface area contributed by atoms with Gasteiger partial charge in [0.25, 0.3) is 5.69 Å². The molecule has 1 rings (SSSR count). The molecule has 4 nitrogen and oxygen atoms in total. The molecule has 0 heterocycles. The van der Waals surface area contributed by atoms with E-state index in [1.54, 1.807) is 6.07 Å². The van der Waals surface area contributed by atoms with Gasteiger partial charge in [0.15, 0.2) is 0 Å². The highest BCUT2D eigenvalue weighted by molar-refractivity contribution is 9.08. The Morgan fingerprint density at radius 1 is 1.42 bits per heavy atom. The molecule has 0 aromatic heterocycles. The second kappa shape index (κ2) is 5.90. The zero-order valence-electron chi connectivity index (χ0n) is 12.1. The zero-order valence-corrected chi connectivity index (χ0v) is 13.7. The first-order chi connectivity index (χ1) is 8.68. The summed E-state index contributed by atoms with van der Waals surface area (Å²) in [5.74, 6) is 0. The number of halogens is 1. The van der Waals surface area contributed by atoms with Crippen LogP contribution in [0, 0.1) is 15.5 Å². The van der Waals surface area contributed by atoms with Crippen molar-refractivity contribution in [2.45, 2.75) is 39.1 Å². The number of nitro groups is 1. The molecule has 0 saturated carbocycles. The molecule has 1 aromatic carbocycles. The highest BCUT2D eigenvalue weighted by Crippen LogP contribution is 2.31. The second-order valence-electron chi connectivity index (χ2n) is 5.86. The maximum atomic E-state index is 10.9. The molecule has 106 valence electrons. The molecule has 0 bridgehead atoms. The second-order valence-corrected chi connectivity index (χ2v) is 6.42. The first-order valence-corrected chi connectivity index (χ1v) is 7.36. The van der Waals surface area contributed by atoms with Crippen molar-refractivity contribution < 1.29 is 4.92 Å². The van der Waals surface area contributed by atoms with Gasteiger partial charge in [0.2, 0.25) is 0 Å². The van der Waals surface area contributed by atoms with Gasteiger partial charge < -0.3 is 4.90 Å². The third kappa shape index (κ3) is 3.69. The van der Waals surface area contributed by atoms with Gasteiger partial charge >= 0.3 is 0 Å².